The average Bonchev–Trinajstić information content (AvgIpc) is 3.29. The first-order valence-electron chi connectivity index (χ1n) is 8.18. The fourth-order valence-electron chi connectivity index (χ4n) is 3.05. The third kappa shape index (κ3) is 4.09. The normalized spacial score (nSPS) is 16.7. The van der Waals surface area contributed by atoms with Crippen molar-refractivity contribution in [3.8, 4) is 0 Å². The Labute approximate surface area is 156 Å². The molecule has 1 fully saturated rings. The third-order valence-corrected chi connectivity index (χ3v) is 6.15. The Hall–Kier alpha value is -1.87. The summed E-state index contributed by atoms with van der Waals surface area (Å²) in [4.78, 5) is 13.2. The molecule has 7 nitrogen and oxygen atoms in total. The summed E-state index contributed by atoms with van der Waals surface area (Å²) in [6.07, 6.45) is 3.68. The van der Waals surface area contributed by atoms with Crippen molar-refractivity contribution in [1.82, 2.24) is 9.62 Å². The van der Waals surface area contributed by atoms with Crippen molar-refractivity contribution in [1.29, 1.82) is 0 Å². The summed E-state index contributed by atoms with van der Waals surface area (Å²) in [6.45, 7) is 1.87. The van der Waals surface area contributed by atoms with Crippen LogP contribution in [0, 0.1) is 0 Å². The number of sulfonamides is 1. The summed E-state index contributed by atoms with van der Waals surface area (Å²) in [5, 5.41) is 9.11. The van der Waals surface area contributed by atoms with E-state index in [2.05, 4.69) is 9.62 Å². The zero-order chi connectivity index (χ0) is 18.7. The van der Waals surface area contributed by atoms with Gasteiger partial charge in [0.05, 0.1) is 27.8 Å². The Bertz CT molecular complexity index is 877. The molecule has 0 bridgehead atoms. The number of nitrogens with zero attached hydrogens (tertiary/aromatic N) is 1. The molecule has 1 aliphatic heterocycles. The maximum absolute atomic E-state index is 12.6. The number of carboxylic acids is 1. The van der Waals surface area contributed by atoms with Crippen LogP contribution in [0.5, 0.6) is 0 Å². The summed E-state index contributed by atoms with van der Waals surface area (Å²) < 4.78 is 33.3. The number of nitrogens with one attached hydrogen (secondary N) is 1. The molecule has 1 unspecified atom stereocenters. The summed E-state index contributed by atoms with van der Waals surface area (Å²) in [5.74, 6) is -0.588. The lowest BCUT2D eigenvalue weighted by atomic mass is 10.2. The van der Waals surface area contributed by atoms with Gasteiger partial charge in [0.1, 0.15) is 5.76 Å². The highest BCUT2D eigenvalue weighted by atomic mass is 35.5. The van der Waals surface area contributed by atoms with Gasteiger partial charge in [-0.25, -0.2) is 17.9 Å². The maximum atomic E-state index is 12.6. The fourth-order valence-corrected chi connectivity index (χ4v) is 4.31. The van der Waals surface area contributed by atoms with Crippen LogP contribution in [0.1, 0.15) is 35.0 Å². The van der Waals surface area contributed by atoms with Crippen molar-refractivity contribution >= 4 is 27.6 Å². The van der Waals surface area contributed by atoms with Crippen molar-refractivity contribution in [2.45, 2.75) is 23.8 Å². The number of halogens is 1. The van der Waals surface area contributed by atoms with E-state index in [0.29, 0.717) is 5.76 Å². The van der Waals surface area contributed by atoms with Gasteiger partial charge in [0, 0.05) is 6.54 Å². The predicted molar refractivity (Wildman–Crippen MR) is 95.9 cm³/mol. The Morgan fingerprint density at radius 2 is 2.04 bits per heavy atom. The van der Waals surface area contributed by atoms with Crippen LogP contribution in [0.3, 0.4) is 0 Å². The Balaban J connectivity index is 1.80. The van der Waals surface area contributed by atoms with Crippen LogP contribution in [0.25, 0.3) is 0 Å². The van der Waals surface area contributed by atoms with Crippen molar-refractivity contribution in [2.75, 3.05) is 19.6 Å². The molecule has 9 heteroatoms. The van der Waals surface area contributed by atoms with Gasteiger partial charge in [-0.15, -0.1) is 0 Å². The molecule has 1 aliphatic rings. The minimum atomic E-state index is -3.89. The van der Waals surface area contributed by atoms with Gasteiger partial charge in [0.2, 0.25) is 10.0 Å². The highest BCUT2D eigenvalue weighted by Gasteiger charge is 2.27. The fraction of sp³-hybridized carbons (Fsp3) is 0.353. The van der Waals surface area contributed by atoms with Crippen molar-refractivity contribution in [3.05, 3.63) is 52.9 Å². The first-order chi connectivity index (χ1) is 12.4. The van der Waals surface area contributed by atoms with E-state index in [4.69, 9.17) is 21.1 Å². The summed E-state index contributed by atoms with van der Waals surface area (Å²) in [5.41, 5.74) is -0.253. The van der Waals surface area contributed by atoms with Crippen LogP contribution in [0.4, 0.5) is 0 Å². The molecule has 1 aromatic carbocycles. The van der Waals surface area contributed by atoms with Crippen LogP contribution in [-0.2, 0) is 10.0 Å². The topological polar surface area (TPSA) is 99.8 Å². The van der Waals surface area contributed by atoms with Gasteiger partial charge >= 0.3 is 5.97 Å². The molecule has 26 heavy (non-hydrogen) atoms. The molecule has 1 aromatic heterocycles. The quantitative estimate of drug-likeness (QED) is 0.743. The number of hydrogen-bond donors (Lipinski definition) is 2. The van der Waals surface area contributed by atoms with Gasteiger partial charge in [-0.1, -0.05) is 11.6 Å². The SMILES string of the molecule is O=C(O)c1cc(S(=O)(=O)NCC(c2ccco2)N2CCCC2)ccc1Cl. The van der Waals surface area contributed by atoms with E-state index in [1.54, 1.807) is 12.3 Å². The standard InChI is InChI=1S/C17H19ClN2O5S/c18-14-6-5-12(10-13(14)17(21)22)26(23,24)19-11-15(16-4-3-9-25-16)20-7-1-2-8-20/h3-6,9-10,15,19H,1-2,7-8,11H2,(H,21,22). The number of rotatable bonds is 7. The highest BCUT2D eigenvalue weighted by Crippen LogP contribution is 2.26. The molecule has 3 rings (SSSR count). The van der Waals surface area contributed by atoms with E-state index >= 15 is 0 Å². The van der Waals surface area contributed by atoms with Gasteiger partial charge in [0.25, 0.3) is 0 Å². The number of carbonyl (C=O) groups is 1. The lowest BCUT2D eigenvalue weighted by Gasteiger charge is -2.26. The first-order valence-corrected chi connectivity index (χ1v) is 10.0. The average molecular weight is 399 g/mol. The summed E-state index contributed by atoms with van der Waals surface area (Å²) in [6, 6.07) is 6.99. The molecular weight excluding hydrogens is 380 g/mol. The molecule has 1 atom stereocenters. The van der Waals surface area contributed by atoms with Crippen LogP contribution < -0.4 is 4.72 Å². The van der Waals surface area contributed by atoms with Crippen molar-refractivity contribution in [2.24, 2.45) is 0 Å². The number of aromatic carboxylic acids is 1. The van der Waals surface area contributed by atoms with Gasteiger partial charge in [-0.05, 0) is 56.3 Å². The lowest BCUT2D eigenvalue weighted by molar-refractivity contribution is 0.0697. The molecule has 0 radical (unpaired) electrons. The van der Waals surface area contributed by atoms with Crippen LogP contribution in [0.15, 0.2) is 45.9 Å². The number of hydrogen-bond acceptors (Lipinski definition) is 5. The van der Waals surface area contributed by atoms with E-state index < -0.39 is 16.0 Å². The van der Waals surface area contributed by atoms with Gasteiger partial charge in [-0.2, -0.15) is 0 Å². The largest absolute Gasteiger partial charge is 0.478 e. The Kier molecular flexibility index (Phi) is 5.67. The van der Waals surface area contributed by atoms with Gasteiger partial charge in [0.15, 0.2) is 0 Å². The second-order valence-electron chi connectivity index (χ2n) is 6.07. The lowest BCUT2D eigenvalue weighted by Crippen LogP contribution is -2.36. The monoisotopic (exact) mass is 398 g/mol. The van der Waals surface area contributed by atoms with Crippen LogP contribution >= 0.6 is 11.6 Å². The van der Waals surface area contributed by atoms with Crippen LogP contribution in [0.2, 0.25) is 5.02 Å². The zero-order valence-electron chi connectivity index (χ0n) is 13.9. The molecule has 0 saturated carbocycles. The molecule has 2 heterocycles. The minimum Gasteiger partial charge on any atom is -0.478 e. The van der Waals surface area contributed by atoms with Crippen LogP contribution in [-0.4, -0.2) is 44.0 Å². The van der Waals surface area contributed by atoms with E-state index in [0.717, 1.165) is 32.0 Å². The van der Waals surface area contributed by atoms with Gasteiger partial charge < -0.3 is 9.52 Å². The molecule has 0 amide bonds. The van der Waals surface area contributed by atoms with Crippen molar-refractivity contribution in [3.63, 3.8) is 0 Å². The summed E-state index contributed by atoms with van der Waals surface area (Å²) >= 11 is 5.81. The second-order valence-corrected chi connectivity index (χ2v) is 8.25. The smallest absolute Gasteiger partial charge is 0.337 e. The van der Waals surface area contributed by atoms with E-state index in [1.165, 1.54) is 12.1 Å². The predicted octanol–water partition coefficient (Wildman–Crippen LogP) is 2.75. The minimum absolute atomic E-state index is 0.0121. The summed E-state index contributed by atoms with van der Waals surface area (Å²) in [7, 11) is -3.89. The van der Waals surface area contributed by atoms with Gasteiger partial charge in [-0.3, -0.25) is 4.90 Å². The van der Waals surface area contributed by atoms with Crippen molar-refractivity contribution < 1.29 is 22.7 Å². The molecule has 2 aromatic rings. The molecule has 1 saturated heterocycles. The highest BCUT2D eigenvalue weighted by molar-refractivity contribution is 7.89. The second kappa shape index (κ2) is 7.79. The Morgan fingerprint density at radius 1 is 1.31 bits per heavy atom. The molecule has 140 valence electrons. The van der Waals surface area contributed by atoms with E-state index in [1.807, 2.05) is 6.07 Å². The molecule has 0 spiro atoms. The first kappa shape index (κ1) is 18.9. The number of benzene rings is 1. The maximum Gasteiger partial charge on any atom is 0.337 e. The van der Waals surface area contributed by atoms with E-state index in [9.17, 15) is 13.2 Å². The molecule has 2 N–H and O–H groups in total. The number of furan rings is 1. The zero-order valence-corrected chi connectivity index (χ0v) is 15.5. The molecular formula is C17H19ClN2O5S. The Morgan fingerprint density at radius 3 is 2.65 bits per heavy atom. The van der Waals surface area contributed by atoms with E-state index in [-0.39, 0.29) is 28.1 Å². The number of carboxylic acid groups (broad SMARTS) is 1. The molecule has 0 aliphatic carbocycles. The third-order valence-electron chi connectivity index (χ3n) is 4.40. The number of likely N-dealkylation sites (tertiary alicyclic amines) is 1.